The summed E-state index contributed by atoms with van der Waals surface area (Å²) in [6, 6.07) is 2.27. The highest BCUT2D eigenvalue weighted by Crippen LogP contribution is 2.57. The topological polar surface area (TPSA) is 53.2 Å². The summed E-state index contributed by atoms with van der Waals surface area (Å²) in [6.45, 7) is 1.36. The predicted molar refractivity (Wildman–Crippen MR) is 37.6 cm³/mol. The Kier molecular flexibility index (Phi) is 1.26. The number of hydrogen-bond acceptors (Lipinski definition) is 3. The fraction of sp³-hybridized carbons (Fsp3) is 0.875. The van der Waals surface area contributed by atoms with Crippen LogP contribution in [-0.2, 0) is 4.74 Å². The molecule has 3 aliphatic rings. The first-order valence-corrected chi connectivity index (χ1v) is 3.84. The van der Waals surface area contributed by atoms with E-state index >= 15 is 0 Å². The summed E-state index contributed by atoms with van der Waals surface area (Å²) in [5.41, 5.74) is -0.311. The van der Waals surface area contributed by atoms with Crippen molar-refractivity contribution in [2.24, 2.45) is 10.8 Å². The zero-order valence-corrected chi connectivity index (χ0v) is 6.34. The molecule has 0 amide bonds. The number of nitrogens with zero attached hydrogens (tertiary/aromatic N) is 1. The lowest BCUT2D eigenvalue weighted by Crippen LogP contribution is -2.57. The minimum absolute atomic E-state index is 0.0615. The van der Waals surface area contributed by atoms with Gasteiger partial charge in [-0.1, -0.05) is 0 Å². The largest absolute Gasteiger partial charge is 0.396 e. The van der Waals surface area contributed by atoms with Gasteiger partial charge in [-0.25, -0.2) is 0 Å². The number of hydrogen-bond donors (Lipinski definition) is 1. The average molecular weight is 153 g/mol. The second-order valence-corrected chi connectivity index (χ2v) is 3.90. The zero-order chi connectivity index (χ0) is 7.95. The Morgan fingerprint density at radius 2 is 2.18 bits per heavy atom. The van der Waals surface area contributed by atoms with Gasteiger partial charge in [-0.2, -0.15) is 5.26 Å². The molecule has 1 N–H and O–H groups in total. The number of ether oxygens (including phenoxy) is 1. The number of rotatable bonds is 1. The fourth-order valence-electron chi connectivity index (χ4n) is 2.32. The second-order valence-electron chi connectivity index (χ2n) is 3.90. The first-order valence-electron chi connectivity index (χ1n) is 3.84. The van der Waals surface area contributed by atoms with Gasteiger partial charge in [0.25, 0.3) is 0 Å². The Hall–Kier alpha value is -0.590. The number of aliphatic hydroxyl groups is 1. The van der Waals surface area contributed by atoms with Gasteiger partial charge in [-0.05, 0) is 12.8 Å². The molecule has 0 radical (unpaired) electrons. The Bertz CT molecular complexity index is 213. The summed E-state index contributed by atoms with van der Waals surface area (Å²) in [7, 11) is 0. The average Bonchev–Trinajstić information content (AvgIpc) is 2.04. The molecule has 0 spiro atoms. The van der Waals surface area contributed by atoms with Crippen LogP contribution in [0.15, 0.2) is 0 Å². The van der Waals surface area contributed by atoms with E-state index in [2.05, 4.69) is 6.07 Å². The van der Waals surface area contributed by atoms with Gasteiger partial charge in [0, 0.05) is 5.41 Å². The third kappa shape index (κ3) is 0.800. The smallest absolute Gasteiger partial charge is 0.0820 e. The Morgan fingerprint density at radius 1 is 1.45 bits per heavy atom. The molecular formula is C8H11NO2. The third-order valence-electron chi connectivity index (χ3n) is 2.79. The monoisotopic (exact) mass is 153 g/mol. The first kappa shape index (κ1) is 7.08. The quantitative estimate of drug-likeness (QED) is 0.589. The fourth-order valence-corrected chi connectivity index (χ4v) is 2.32. The second kappa shape index (κ2) is 1.96. The van der Waals surface area contributed by atoms with Crippen molar-refractivity contribution < 1.29 is 9.84 Å². The molecule has 2 aliphatic heterocycles. The van der Waals surface area contributed by atoms with E-state index in [0.29, 0.717) is 13.2 Å². The van der Waals surface area contributed by atoms with Crippen LogP contribution in [0.25, 0.3) is 0 Å². The van der Waals surface area contributed by atoms with Crippen LogP contribution in [0.1, 0.15) is 12.8 Å². The van der Waals surface area contributed by atoms with E-state index < -0.39 is 0 Å². The van der Waals surface area contributed by atoms with Gasteiger partial charge in [0.05, 0.1) is 31.3 Å². The lowest BCUT2D eigenvalue weighted by Gasteiger charge is -2.55. The van der Waals surface area contributed by atoms with Gasteiger partial charge in [0.2, 0.25) is 0 Å². The molecule has 60 valence electrons. The summed E-state index contributed by atoms with van der Waals surface area (Å²) < 4.78 is 5.24. The van der Waals surface area contributed by atoms with Crippen LogP contribution in [-0.4, -0.2) is 24.9 Å². The minimum Gasteiger partial charge on any atom is -0.396 e. The van der Waals surface area contributed by atoms with Crippen LogP contribution < -0.4 is 0 Å². The zero-order valence-electron chi connectivity index (χ0n) is 6.34. The maximum Gasteiger partial charge on any atom is 0.0820 e. The molecule has 2 saturated heterocycles. The predicted octanol–water partition coefficient (Wildman–Crippen LogP) is 0.299. The van der Waals surface area contributed by atoms with E-state index in [-0.39, 0.29) is 17.4 Å². The van der Waals surface area contributed by atoms with E-state index in [0.717, 1.165) is 12.8 Å². The van der Waals surface area contributed by atoms with Gasteiger partial charge < -0.3 is 9.84 Å². The van der Waals surface area contributed by atoms with Crippen molar-refractivity contribution in [3.8, 4) is 6.07 Å². The number of fused-ring (bicyclic) bond motifs is 2. The molecule has 0 aromatic rings. The highest BCUT2D eigenvalue weighted by atomic mass is 16.5. The lowest BCUT2D eigenvalue weighted by atomic mass is 9.52. The van der Waals surface area contributed by atoms with Crippen LogP contribution in [0.5, 0.6) is 0 Å². The molecule has 3 fully saturated rings. The van der Waals surface area contributed by atoms with Crippen molar-refractivity contribution in [2.75, 3.05) is 19.8 Å². The SMILES string of the molecule is N#CC12COCC(CO)(C1)C2. The van der Waals surface area contributed by atoms with Crippen LogP contribution in [0.3, 0.4) is 0 Å². The third-order valence-corrected chi connectivity index (χ3v) is 2.79. The number of nitriles is 1. The molecule has 2 heterocycles. The molecular weight excluding hydrogens is 142 g/mol. The van der Waals surface area contributed by atoms with E-state index in [1.54, 1.807) is 0 Å². The highest BCUT2D eigenvalue weighted by molar-refractivity contribution is 5.16. The van der Waals surface area contributed by atoms with Crippen LogP contribution >= 0.6 is 0 Å². The van der Waals surface area contributed by atoms with Crippen LogP contribution in [0.2, 0.25) is 0 Å². The summed E-state index contributed by atoms with van der Waals surface area (Å²) in [4.78, 5) is 0. The van der Waals surface area contributed by atoms with Crippen LogP contribution in [0.4, 0.5) is 0 Å². The lowest BCUT2D eigenvalue weighted by molar-refractivity contribution is -0.183. The Balaban J connectivity index is 2.13. The molecule has 3 heteroatoms. The van der Waals surface area contributed by atoms with Gasteiger partial charge in [0.1, 0.15) is 0 Å². The van der Waals surface area contributed by atoms with Gasteiger partial charge in [-0.3, -0.25) is 0 Å². The first-order chi connectivity index (χ1) is 5.24. The normalized spacial score (nSPS) is 47.6. The Labute approximate surface area is 65.6 Å². The van der Waals surface area contributed by atoms with Crippen molar-refractivity contribution in [3.63, 3.8) is 0 Å². The van der Waals surface area contributed by atoms with Crippen molar-refractivity contribution in [3.05, 3.63) is 0 Å². The van der Waals surface area contributed by atoms with E-state index in [1.807, 2.05) is 0 Å². The molecule has 0 aromatic heterocycles. The minimum atomic E-state index is -0.249. The summed E-state index contributed by atoms with van der Waals surface area (Å²) in [5, 5.41) is 17.8. The summed E-state index contributed by atoms with van der Waals surface area (Å²) in [5.74, 6) is 0. The van der Waals surface area contributed by atoms with Crippen molar-refractivity contribution in [1.29, 1.82) is 5.26 Å². The van der Waals surface area contributed by atoms with E-state index in [1.165, 1.54) is 0 Å². The standard InChI is InChI=1S/C8H11NO2/c9-3-7-1-8(2-7,4-10)6-11-5-7/h10H,1-2,4-6H2. The van der Waals surface area contributed by atoms with Crippen molar-refractivity contribution >= 4 is 0 Å². The molecule has 0 aromatic carbocycles. The molecule has 3 nitrogen and oxygen atoms in total. The van der Waals surface area contributed by atoms with Crippen molar-refractivity contribution in [1.82, 2.24) is 0 Å². The number of aliphatic hydroxyl groups excluding tert-OH is 1. The summed E-state index contributed by atoms with van der Waals surface area (Å²) >= 11 is 0. The molecule has 1 saturated carbocycles. The molecule has 2 bridgehead atoms. The van der Waals surface area contributed by atoms with Gasteiger partial charge in [0.15, 0.2) is 0 Å². The van der Waals surface area contributed by atoms with E-state index in [4.69, 9.17) is 15.1 Å². The van der Waals surface area contributed by atoms with Crippen molar-refractivity contribution in [2.45, 2.75) is 12.8 Å². The highest BCUT2D eigenvalue weighted by Gasteiger charge is 2.58. The molecule has 3 rings (SSSR count). The maximum absolute atomic E-state index is 9.01. The summed E-state index contributed by atoms with van der Waals surface area (Å²) in [6.07, 6.45) is 1.65. The Morgan fingerprint density at radius 3 is 2.73 bits per heavy atom. The maximum atomic E-state index is 9.01. The molecule has 1 aliphatic carbocycles. The molecule has 0 atom stereocenters. The van der Waals surface area contributed by atoms with Gasteiger partial charge in [-0.15, -0.1) is 0 Å². The van der Waals surface area contributed by atoms with E-state index in [9.17, 15) is 0 Å². The molecule has 11 heavy (non-hydrogen) atoms. The van der Waals surface area contributed by atoms with Crippen LogP contribution in [0, 0.1) is 22.2 Å². The molecule has 0 unspecified atom stereocenters. The van der Waals surface area contributed by atoms with Gasteiger partial charge >= 0.3 is 0 Å².